The summed E-state index contributed by atoms with van der Waals surface area (Å²) in [7, 11) is 0. The van der Waals surface area contributed by atoms with Crippen LogP contribution in [-0.2, 0) is 0 Å². The Morgan fingerprint density at radius 2 is 2.11 bits per heavy atom. The van der Waals surface area contributed by atoms with E-state index in [0.29, 0.717) is 11.7 Å². The summed E-state index contributed by atoms with van der Waals surface area (Å²) in [4.78, 5) is 5.35. The van der Waals surface area contributed by atoms with Crippen LogP contribution >= 0.6 is 27.3 Å². The number of nitrogens with zero attached hydrogens (tertiary/aromatic N) is 2. The summed E-state index contributed by atoms with van der Waals surface area (Å²) in [5.41, 5.74) is 7.73. The van der Waals surface area contributed by atoms with Crippen LogP contribution in [0.2, 0.25) is 0 Å². The zero-order valence-electron chi connectivity index (χ0n) is 10.1. The van der Waals surface area contributed by atoms with E-state index >= 15 is 0 Å². The molecule has 0 radical (unpaired) electrons. The highest BCUT2D eigenvalue weighted by atomic mass is 79.9. The van der Waals surface area contributed by atoms with E-state index in [1.54, 1.807) is 0 Å². The Morgan fingerprint density at radius 3 is 2.79 bits per heavy atom. The zero-order chi connectivity index (χ0) is 13.4. The Labute approximate surface area is 122 Å². The molecule has 2 N–H and O–H groups in total. The van der Waals surface area contributed by atoms with E-state index in [-0.39, 0.29) is 0 Å². The minimum absolute atomic E-state index is 0.505. The second kappa shape index (κ2) is 4.79. The average Bonchev–Trinajstić information content (AvgIpc) is 2.96. The summed E-state index contributed by atoms with van der Waals surface area (Å²) in [5, 5.41) is 4.77. The molecule has 19 heavy (non-hydrogen) atoms. The fourth-order valence-corrected chi connectivity index (χ4v) is 3.11. The van der Waals surface area contributed by atoms with Crippen LogP contribution < -0.4 is 5.73 Å². The Morgan fingerprint density at radius 1 is 1.32 bits per heavy atom. The van der Waals surface area contributed by atoms with Gasteiger partial charge >= 0.3 is 0 Å². The Kier molecular flexibility index (Phi) is 3.12. The molecule has 3 aromatic rings. The quantitative estimate of drug-likeness (QED) is 0.765. The van der Waals surface area contributed by atoms with E-state index in [1.807, 2.05) is 37.3 Å². The standard InChI is InChI=1S/C13H10BrN3OS/c1-7-6-10(15)19-11(7)13-16-12(17-18-13)8-4-2-3-5-9(8)14/h2-6H,15H2,1H3. The number of halogens is 1. The van der Waals surface area contributed by atoms with E-state index in [0.717, 1.165) is 25.5 Å². The third kappa shape index (κ3) is 2.29. The molecule has 4 nitrogen and oxygen atoms in total. The maximum Gasteiger partial charge on any atom is 0.268 e. The second-order valence-corrected chi connectivity index (χ2v) is 6.00. The van der Waals surface area contributed by atoms with Crippen molar-refractivity contribution in [3.8, 4) is 22.2 Å². The van der Waals surface area contributed by atoms with Gasteiger partial charge in [-0.15, -0.1) is 11.3 Å². The van der Waals surface area contributed by atoms with Crippen molar-refractivity contribution in [3.05, 3.63) is 40.4 Å². The van der Waals surface area contributed by atoms with Crippen LogP contribution in [0.15, 0.2) is 39.3 Å². The number of aromatic nitrogens is 2. The van der Waals surface area contributed by atoms with Gasteiger partial charge in [0.25, 0.3) is 5.89 Å². The summed E-state index contributed by atoms with van der Waals surface area (Å²) < 4.78 is 6.26. The predicted octanol–water partition coefficient (Wildman–Crippen LogP) is 4.12. The fraction of sp³-hybridized carbons (Fsp3) is 0.0769. The van der Waals surface area contributed by atoms with Crippen molar-refractivity contribution in [2.24, 2.45) is 0 Å². The van der Waals surface area contributed by atoms with Crippen LogP contribution in [0.1, 0.15) is 5.56 Å². The Balaban J connectivity index is 2.05. The molecule has 0 bridgehead atoms. The molecule has 0 amide bonds. The van der Waals surface area contributed by atoms with Gasteiger partial charge in [-0.3, -0.25) is 0 Å². The van der Waals surface area contributed by atoms with Crippen molar-refractivity contribution in [3.63, 3.8) is 0 Å². The number of nitrogen functional groups attached to an aromatic ring is 1. The molecule has 3 rings (SSSR count). The number of aryl methyl sites for hydroxylation is 1. The minimum Gasteiger partial charge on any atom is -0.391 e. The van der Waals surface area contributed by atoms with Gasteiger partial charge in [-0.25, -0.2) is 0 Å². The van der Waals surface area contributed by atoms with Gasteiger partial charge in [0, 0.05) is 10.0 Å². The second-order valence-electron chi connectivity index (χ2n) is 4.06. The van der Waals surface area contributed by atoms with Crippen molar-refractivity contribution in [1.29, 1.82) is 0 Å². The van der Waals surface area contributed by atoms with E-state index in [4.69, 9.17) is 10.3 Å². The maximum absolute atomic E-state index is 5.78. The van der Waals surface area contributed by atoms with E-state index in [9.17, 15) is 0 Å². The van der Waals surface area contributed by atoms with E-state index in [2.05, 4.69) is 26.1 Å². The first-order valence-corrected chi connectivity index (χ1v) is 7.21. The van der Waals surface area contributed by atoms with Gasteiger partial charge in [-0.2, -0.15) is 4.98 Å². The van der Waals surface area contributed by atoms with Crippen LogP contribution in [0.3, 0.4) is 0 Å². The van der Waals surface area contributed by atoms with Crippen LogP contribution in [0.25, 0.3) is 22.2 Å². The lowest BCUT2D eigenvalue weighted by Gasteiger charge is -1.96. The molecule has 6 heteroatoms. The minimum atomic E-state index is 0.505. The number of hydrogen-bond donors (Lipinski definition) is 1. The molecule has 2 heterocycles. The molecule has 0 unspecified atom stereocenters. The van der Waals surface area contributed by atoms with Gasteiger partial charge in [-0.05, 0) is 30.7 Å². The molecule has 0 aliphatic carbocycles. The molecule has 0 spiro atoms. The number of anilines is 1. The Hall–Kier alpha value is -1.66. The number of nitrogens with two attached hydrogens (primary N) is 1. The lowest BCUT2D eigenvalue weighted by atomic mass is 10.2. The summed E-state index contributed by atoms with van der Waals surface area (Å²) >= 11 is 4.93. The van der Waals surface area contributed by atoms with E-state index < -0.39 is 0 Å². The fourth-order valence-electron chi connectivity index (χ4n) is 1.79. The number of benzene rings is 1. The first kappa shape index (κ1) is 12.4. The van der Waals surface area contributed by atoms with Gasteiger partial charge in [0.05, 0.1) is 9.88 Å². The molecule has 0 fully saturated rings. The smallest absolute Gasteiger partial charge is 0.268 e. The molecule has 2 aromatic heterocycles. The molecule has 0 atom stereocenters. The number of hydrogen-bond acceptors (Lipinski definition) is 5. The first-order valence-electron chi connectivity index (χ1n) is 5.60. The molecule has 0 aliphatic rings. The molecule has 1 aromatic carbocycles. The summed E-state index contributed by atoms with van der Waals surface area (Å²) in [6.07, 6.45) is 0. The summed E-state index contributed by atoms with van der Waals surface area (Å²) in [5.74, 6) is 1.07. The van der Waals surface area contributed by atoms with Gasteiger partial charge < -0.3 is 10.3 Å². The average molecular weight is 336 g/mol. The summed E-state index contributed by atoms with van der Waals surface area (Å²) in [6, 6.07) is 9.67. The van der Waals surface area contributed by atoms with Crippen LogP contribution in [0.4, 0.5) is 5.00 Å². The topological polar surface area (TPSA) is 64.9 Å². The van der Waals surface area contributed by atoms with Gasteiger partial charge in [0.15, 0.2) is 0 Å². The first-order chi connectivity index (χ1) is 9.15. The van der Waals surface area contributed by atoms with E-state index in [1.165, 1.54) is 11.3 Å². The largest absolute Gasteiger partial charge is 0.391 e. The van der Waals surface area contributed by atoms with Gasteiger partial charge in [0.1, 0.15) is 0 Å². The molecule has 0 saturated carbocycles. The van der Waals surface area contributed by atoms with Gasteiger partial charge in [0.2, 0.25) is 5.82 Å². The lowest BCUT2D eigenvalue weighted by Crippen LogP contribution is -1.82. The summed E-state index contributed by atoms with van der Waals surface area (Å²) in [6.45, 7) is 1.98. The lowest BCUT2D eigenvalue weighted by molar-refractivity contribution is 0.433. The zero-order valence-corrected chi connectivity index (χ0v) is 12.5. The molecular weight excluding hydrogens is 326 g/mol. The highest BCUT2D eigenvalue weighted by Crippen LogP contribution is 2.34. The van der Waals surface area contributed by atoms with Crippen molar-refractivity contribution in [1.82, 2.24) is 10.1 Å². The number of thiophene rings is 1. The van der Waals surface area contributed by atoms with Crippen LogP contribution in [0.5, 0.6) is 0 Å². The predicted molar refractivity (Wildman–Crippen MR) is 79.9 cm³/mol. The van der Waals surface area contributed by atoms with Crippen LogP contribution in [-0.4, -0.2) is 10.1 Å². The third-order valence-corrected chi connectivity index (χ3v) is 4.42. The van der Waals surface area contributed by atoms with Crippen molar-refractivity contribution < 1.29 is 4.52 Å². The molecule has 0 aliphatic heterocycles. The van der Waals surface area contributed by atoms with Gasteiger partial charge in [-0.1, -0.05) is 33.2 Å². The van der Waals surface area contributed by atoms with Crippen LogP contribution in [0, 0.1) is 6.92 Å². The van der Waals surface area contributed by atoms with Crippen molar-refractivity contribution in [2.45, 2.75) is 6.92 Å². The van der Waals surface area contributed by atoms with Crippen molar-refractivity contribution >= 4 is 32.3 Å². The monoisotopic (exact) mass is 335 g/mol. The Bertz CT molecular complexity index is 735. The third-order valence-electron chi connectivity index (χ3n) is 2.67. The highest BCUT2D eigenvalue weighted by molar-refractivity contribution is 9.10. The van der Waals surface area contributed by atoms with Crippen molar-refractivity contribution in [2.75, 3.05) is 5.73 Å². The molecule has 96 valence electrons. The molecule has 0 saturated heterocycles. The number of rotatable bonds is 2. The maximum atomic E-state index is 5.78. The highest BCUT2D eigenvalue weighted by Gasteiger charge is 2.16. The molecular formula is C13H10BrN3OS. The SMILES string of the molecule is Cc1cc(N)sc1-c1nc(-c2ccccc2Br)no1. The normalized spacial score (nSPS) is 10.8.